The van der Waals surface area contributed by atoms with Gasteiger partial charge in [0, 0.05) is 24.1 Å². The molecule has 10 heteroatoms. The van der Waals surface area contributed by atoms with E-state index in [0.717, 1.165) is 48.3 Å². The van der Waals surface area contributed by atoms with E-state index in [1.165, 1.54) is 36.5 Å². The van der Waals surface area contributed by atoms with Crippen molar-refractivity contribution in [1.29, 1.82) is 0 Å². The van der Waals surface area contributed by atoms with Gasteiger partial charge in [0.25, 0.3) is 0 Å². The SMILES string of the molecule is CC(C)N1CCC(c2cc3c(cc2F)C=C(C(=O)c2cnn(-c4ccc(Oc5cccc(F)c5F)cc4F)c2N)C3)CC1. The maximum atomic E-state index is 15.2. The Balaban J connectivity index is 1.18. The molecule has 0 unspecified atom stereocenters. The highest BCUT2D eigenvalue weighted by Gasteiger charge is 2.29. The lowest BCUT2D eigenvalue weighted by Crippen LogP contribution is -2.38. The number of likely N-dealkylation sites (tertiary alicyclic amines) is 1. The largest absolute Gasteiger partial charge is 0.454 e. The molecule has 0 radical (unpaired) electrons. The van der Waals surface area contributed by atoms with Crippen LogP contribution in [0.1, 0.15) is 59.7 Å². The van der Waals surface area contributed by atoms with Gasteiger partial charge in [0.2, 0.25) is 5.82 Å². The number of carbonyl (C=O) groups is 1. The van der Waals surface area contributed by atoms with Gasteiger partial charge in [0.05, 0.1) is 11.8 Å². The van der Waals surface area contributed by atoms with E-state index in [1.807, 2.05) is 6.07 Å². The molecule has 0 atom stereocenters. The second-order valence-electron chi connectivity index (χ2n) is 11.3. The van der Waals surface area contributed by atoms with E-state index in [1.54, 1.807) is 6.08 Å². The summed E-state index contributed by atoms with van der Waals surface area (Å²) in [5, 5.41) is 4.12. The molecule has 0 saturated carbocycles. The molecular weight excluding hydrogens is 560 g/mol. The highest BCUT2D eigenvalue weighted by atomic mass is 19.2. The molecule has 0 spiro atoms. The number of halogens is 4. The van der Waals surface area contributed by atoms with Gasteiger partial charge in [0.1, 0.15) is 23.1 Å². The van der Waals surface area contributed by atoms with Crippen LogP contribution in [0.25, 0.3) is 11.8 Å². The zero-order valence-corrected chi connectivity index (χ0v) is 23.7. The maximum Gasteiger partial charge on any atom is 0.201 e. The van der Waals surface area contributed by atoms with Crippen molar-refractivity contribution in [3.05, 3.63) is 106 Å². The number of rotatable bonds is 7. The molecule has 3 aromatic carbocycles. The number of hydrogen-bond acceptors (Lipinski definition) is 5. The van der Waals surface area contributed by atoms with Crippen molar-refractivity contribution in [2.45, 2.75) is 45.1 Å². The number of allylic oxidation sites excluding steroid dienone is 1. The van der Waals surface area contributed by atoms with Crippen LogP contribution >= 0.6 is 0 Å². The Morgan fingerprint density at radius 3 is 2.49 bits per heavy atom. The van der Waals surface area contributed by atoms with Gasteiger partial charge in [-0.3, -0.25) is 4.79 Å². The molecule has 6 nitrogen and oxygen atoms in total. The van der Waals surface area contributed by atoms with Crippen LogP contribution in [0, 0.1) is 23.3 Å². The Morgan fingerprint density at radius 2 is 1.77 bits per heavy atom. The number of carbonyl (C=O) groups excluding carboxylic acids is 1. The summed E-state index contributed by atoms with van der Waals surface area (Å²) >= 11 is 0. The number of hydrogen-bond donors (Lipinski definition) is 1. The molecule has 1 aliphatic heterocycles. The molecule has 43 heavy (non-hydrogen) atoms. The number of benzene rings is 3. The van der Waals surface area contributed by atoms with Gasteiger partial charge < -0.3 is 15.4 Å². The smallest absolute Gasteiger partial charge is 0.201 e. The highest BCUT2D eigenvalue weighted by molar-refractivity contribution is 6.15. The Morgan fingerprint density at radius 1 is 1.00 bits per heavy atom. The number of fused-ring (bicyclic) bond motifs is 1. The fraction of sp³-hybridized carbons (Fsp3) is 0.273. The third-order valence-electron chi connectivity index (χ3n) is 8.30. The van der Waals surface area contributed by atoms with E-state index in [0.29, 0.717) is 29.2 Å². The lowest BCUT2D eigenvalue weighted by atomic mass is 9.87. The van der Waals surface area contributed by atoms with Crippen molar-refractivity contribution in [3.63, 3.8) is 0 Å². The van der Waals surface area contributed by atoms with Crippen LogP contribution in [0.2, 0.25) is 0 Å². The Bertz CT molecular complexity index is 1760. The van der Waals surface area contributed by atoms with E-state index >= 15 is 8.78 Å². The van der Waals surface area contributed by atoms with Gasteiger partial charge >= 0.3 is 0 Å². The fourth-order valence-corrected chi connectivity index (χ4v) is 5.88. The van der Waals surface area contributed by atoms with Crippen molar-refractivity contribution in [3.8, 4) is 17.2 Å². The summed E-state index contributed by atoms with van der Waals surface area (Å²) in [5.41, 5.74) is 8.95. The van der Waals surface area contributed by atoms with Crippen LogP contribution in [-0.2, 0) is 6.42 Å². The number of Topliss-reactive ketones (excluding diaryl/α,β-unsaturated/α-hetero) is 1. The third-order valence-corrected chi connectivity index (χ3v) is 8.30. The summed E-state index contributed by atoms with van der Waals surface area (Å²) in [4.78, 5) is 15.9. The molecule has 1 fully saturated rings. The number of nitrogens with zero attached hydrogens (tertiary/aromatic N) is 3. The maximum absolute atomic E-state index is 15.2. The number of nitrogens with two attached hydrogens (primary N) is 1. The fourth-order valence-electron chi connectivity index (χ4n) is 5.88. The summed E-state index contributed by atoms with van der Waals surface area (Å²) in [5.74, 6) is -4.14. The molecule has 1 aliphatic carbocycles. The zero-order valence-electron chi connectivity index (χ0n) is 23.7. The number of ether oxygens (including phenoxy) is 1. The van der Waals surface area contributed by atoms with Crippen LogP contribution in [0.5, 0.6) is 11.5 Å². The molecule has 2 aliphatic rings. The van der Waals surface area contributed by atoms with Crippen molar-refractivity contribution >= 4 is 17.7 Å². The zero-order chi connectivity index (χ0) is 30.4. The molecule has 6 rings (SSSR count). The molecule has 1 saturated heterocycles. The Kier molecular flexibility index (Phi) is 7.56. The minimum absolute atomic E-state index is 0.0671. The molecule has 1 aromatic heterocycles. The quantitative estimate of drug-likeness (QED) is 0.182. The first kappa shape index (κ1) is 28.7. The lowest BCUT2D eigenvalue weighted by Gasteiger charge is -2.35. The van der Waals surface area contributed by atoms with Crippen LogP contribution in [0.4, 0.5) is 23.4 Å². The minimum Gasteiger partial charge on any atom is -0.454 e. The number of aromatic nitrogens is 2. The molecule has 2 N–H and O–H groups in total. The average molecular weight is 591 g/mol. The van der Waals surface area contributed by atoms with Gasteiger partial charge in [-0.1, -0.05) is 12.1 Å². The monoisotopic (exact) mass is 590 g/mol. The van der Waals surface area contributed by atoms with Gasteiger partial charge in [-0.15, -0.1) is 0 Å². The van der Waals surface area contributed by atoms with Crippen LogP contribution in [0.3, 0.4) is 0 Å². The summed E-state index contributed by atoms with van der Waals surface area (Å²) in [6.07, 6.45) is 5.03. The summed E-state index contributed by atoms with van der Waals surface area (Å²) in [7, 11) is 0. The van der Waals surface area contributed by atoms with E-state index in [2.05, 4.69) is 23.8 Å². The molecule has 222 valence electrons. The first-order valence-electron chi connectivity index (χ1n) is 14.2. The third kappa shape index (κ3) is 5.43. The normalized spacial score (nSPS) is 15.6. The average Bonchev–Trinajstić information content (AvgIpc) is 3.58. The number of ketones is 1. The van der Waals surface area contributed by atoms with Crippen LogP contribution in [-0.4, -0.2) is 39.6 Å². The second-order valence-corrected chi connectivity index (χ2v) is 11.3. The standard InChI is InChI=1S/C33H30F4N4O2/c1-18(2)40-10-8-19(9-11-40)24-14-20-12-22(13-21(20)15-27(24)35)32(42)25-17-39-41(33(25)38)29-7-6-23(16-28(29)36)43-30-5-3-4-26(34)31(30)37/h3-7,13-19H,8-12,38H2,1-2H3. The minimum atomic E-state index is -1.19. The summed E-state index contributed by atoms with van der Waals surface area (Å²) in [6.45, 7) is 6.18. The number of anilines is 1. The van der Waals surface area contributed by atoms with E-state index in [-0.39, 0.29) is 40.3 Å². The summed E-state index contributed by atoms with van der Waals surface area (Å²) in [6, 6.07) is 10.9. The Labute approximate surface area is 246 Å². The topological polar surface area (TPSA) is 73.4 Å². The van der Waals surface area contributed by atoms with Crippen LogP contribution in [0.15, 0.2) is 60.3 Å². The lowest BCUT2D eigenvalue weighted by molar-refractivity contribution is 0.103. The van der Waals surface area contributed by atoms with Gasteiger partial charge in [-0.05, 0) is 98.8 Å². The molecule has 4 aromatic rings. The van der Waals surface area contributed by atoms with Crippen LogP contribution < -0.4 is 10.5 Å². The molecule has 2 heterocycles. The van der Waals surface area contributed by atoms with E-state index < -0.39 is 23.2 Å². The van der Waals surface area contributed by atoms with Crippen molar-refractivity contribution in [2.24, 2.45) is 0 Å². The van der Waals surface area contributed by atoms with Crippen molar-refractivity contribution < 1.29 is 27.1 Å². The molecule has 0 bridgehead atoms. The first-order valence-corrected chi connectivity index (χ1v) is 14.2. The van der Waals surface area contributed by atoms with Crippen molar-refractivity contribution in [2.75, 3.05) is 18.8 Å². The van der Waals surface area contributed by atoms with Gasteiger partial charge in [0.15, 0.2) is 23.2 Å². The van der Waals surface area contributed by atoms with E-state index in [4.69, 9.17) is 10.5 Å². The predicted octanol–water partition coefficient (Wildman–Crippen LogP) is 7.21. The highest BCUT2D eigenvalue weighted by Crippen LogP contribution is 2.37. The second kappa shape index (κ2) is 11.3. The van der Waals surface area contributed by atoms with E-state index in [9.17, 15) is 13.6 Å². The summed E-state index contributed by atoms with van der Waals surface area (Å²) < 4.78 is 64.1. The molecular formula is C33H30F4N4O2. The predicted molar refractivity (Wildman–Crippen MR) is 155 cm³/mol. The number of nitrogen functional groups attached to an aromatic ring is 1. The first-order chi connectivity index (χ1) is 20.6. The Hall–Kier alpha value is -4.44. The molecule has 0 amide bonds. The number of piperidine rings is 1. The van der Waals surface area contributed by atoms with Gasteiger partial charge in [-0.2, -0.15) is 9.49 Å². The van der Waals surface area contributed by atoms with Crippen molar-refractivity contribution in [1.82, 2.24) is 14.7 Å². The van der Waals surface area contributed by atoms with Gasteiger partial charge in [-0.25, -0.2) is 17.9 Å².